The maximum Gasteiger partial charge on any atom is 0 e. The van der Waals surface area contributed by atoms with Gasteiger partial charge in [0.2, 0.25) is 0 Å². The smallest absolute Gasteiger partial charge is 0 e. The maximum absolute atomic E-state index is 2.99. The average Bonchev–Trinajstić information content (AvgIpc) is 1.76. The van der Waals surface area contributed by atoms with Crippen LogP contribution in [0.3, 0.4) is 0 Å². The quantitative estimate of drug-likeness (QED) is 0.439. The van der Waals surface area contributed by atoms with Crippen LogP contribution in [0.1, 0.15) is 6.42 Å². The molecule has 0 amide bonds. The van der Waals surface area contributed by atoms with Crippen LogP contribution >= 0.6 is 17.0 Å². The van der Waals surface area contributed by atoms with Gasteiger partial charge in [-0.25, -0.2) is 12.2 Å². The summed E-state index contributed by atoms with van der Waals surface area (Å²) in [5.41, 5.74) is 0. The molecule has 3 heteroatoms. The fourth-order valence-corrected chi connectivity index (χ4v) is 0.340. The Hall–Kier alpha value is 1.05. The van der Waals surface area contributed by atoms with E-state index in [9.17, 15) is 0 Å². The molecular formula is C7H15BrHfSi-3. The Balaban J connectivity index is -0.0000000167. The molecule has 61 valence electrons. The van der Waals surface area contributed by atoms with Crippen molar-refractivity contribution in [3.8, 4) is 0 Å². The Labute approximate surface area is 98.7 Å². The van der Waals surface area contributed by atoms with Crippen molar-refractivity contribution in [3.05, 3.63) is 39.2 Å². The van der Waals surface area contributed by atoms with Gasteiger partial charge in [-0.15, -0.1) is 23.4 Å². The molecule has 0 N–H and O–H groups in total. The first-order chi connectivity index (χ1) is 2.50. The van der Waals surface area contributed by atoms with Gasteiger partial charge in [0.15, 0.2) is 0 Å². The molecule has 0 spiro atoms. The van der Waals surface area contributed by atoms with Crippen molar-refractivity contribution in [1.29, 1.82) is 0 Å². The molecule has 0 fully saturated rings. The van der Waals surface area contributed by atoms with Crippen LogP contribution in [0.25, 0.3) is 0 Å². The van der Waals surface area contributed by atoms with Gasteiger partial charge in [0, 0.05) is 25.8 Å². The molecule has 1 radical (unpaired) electrons. The van der Waals surface area contributed by atoms with E-state index < -0.39 is 0 Å². The predicted octanol–water partition coefficient (Wildman–Crippen LogP) is 1.60. The second kappa shape index (κ2) is 22.5. The van der Waals surface area contributed by atoms with Crippen LogP contribution < -0.4 is 0 Å². The number of halogens is 1. The first kappa shape index (κ1) is 30.5. The zero-order valence-electron chi connectivity index (χ0n) is 6.85. The van der Waals surface area contributed by atoms with E-state index in [1.54, 1.807) is 0 Å². The van der Waals surface area contributed by atoms with Crippen molar-refractivity contribution in [2.75, 3.05) is 0 Å². The topological polar surface area (TPSA) is 0 Å². The molecule has 1 aliphatic carbocycles. The fourth-order valence-electron chi connectivity index (χ4n) is 0.340. The van der Waals surface area contributed by atoms with Gasteiger partial charge in [0.1, 0.15) is 0 Å². The fraction of sp³-hybridized carbons (Fsp3) is 0.143. The molecule has 0 unspecified atom stereocenters. The van der Waals surface area contributed by atoms with Crippen molar-refractivity contribution >= 4 is 27.9 Å². The van der Waals surface area contributed by atoms with Crippen molar-refractivity contribution in [2.24, 2.45) is 0 Å². The molecule has 1 rings (SSSR count). The molecule has 0 atom stereocenters. The van der Waals surface area contributed by atoms with Crippen molar-refractivity contribution in [2.45, 2.75) is 6.42 Å². The average molecular weight is 386 g/mol. The first-order valence-corrected chi connectivity index (χ1v) is 1.72. The Kier molecular flexibility index (Phi) is 68.6. The molecule has 1 aliphatic rings. The van der Waals surface area contributed by atoms with Gasteiger partial charge < -0.3 is 14.9 Å². The van der Waals surface area contributed by atoms with Gasteiger partial charge >= 0.3 is 0 Å². The van der Waals surface area contributed by atoms with Crippen LogP contribution in [0.2, 0.25) is 0 Å². The molecular weight excluding hydrogens is 371 g/mol. The normalized spacial score (nSPS) is 8.80. The molecule has 0 aromatic heterocycles. The second-order valence-electron chi connectivity index (χ2n) is 1.00. The summed E-state index contributed by atoms with van der Waals surface area (Å²) in [6, 6.07) is 0. The van der Waals surface area contributed by atoms with E-state index in [1.807, 2.05) is 12.2 Å². The van der Waals surface area contributed by atoms with Gasteiger partial charge in [0.05, 0.1) is 0 Å². The van der Waals surface area contributed by atoms with E-state index in [2.05, 4.69) is 12.2 Å². The minimum absolute atomic E-state index is 0. The van der Waals surface area contributed by atoms with Crippen molar-refractivity contribution in [1.82, 2.24) is 0 Å². The first-order valence-electron chi connectivity index (χ1n) is 1.72. The standard InChI is InChI=1S/C5H5.2CH3.BrH.Hf.H3Si/c1-2-4-5-3-1;;;;;/h1-3H,4H2;2*1H3;1H;;1H3/q3*-1;;;. The third-order valence-electron chi connectivity index (χ3n) is 0.586. The van der Waals surface area contributed by atoms with E-state index in [4.69, 9.17) is 0 Å². The maximum atomic E-state index is 2.99. The SMILES string of the molecule is Br.[C-]1=CC=CC1.[CH3-].[CH3-].[Hf].[SiH3]. The Bertz CT molecular complexity index is 71.7. The van der Waals surface area contributed by atoms with Gasteiger partial charge in [-0.2, -0.15) is 6.08 Å². The van der Waals surface area contributed by atoms with E-state index in [-0.39, 0.29) is 68.6 Å². The molecule has 0 bridgehead atoms. The van der Waals surface area contributed by atoms with E-state index in [0.717, 1.165) is 6.42 Å². The number of allylic oxidation sites excluding steroid dienone is 4. The molecule has 0 nitrogen and oxygen atoms in total. The van der Waals surface area contributed by atoms with Crippen molar-refractivity contribution in [3.63, 3.8) is 0 Å². The third kappa shape index (κ3) is 16.0. The Morgan fingerprint density at radius 2 is 1.70 bits per heavy atom. The summed E-state index contributed by atoms with van der Waals surface area (Å²) >= 11 is 0. The van der Waals surface area contributed by atoms with Gasteiger partial charge in [-0.05, 0) is 11.0 Å². The molecule has 0 saturated carbocycles. The summed E-state index contributed by atoms with van der Waals surface area (Å²) < 4.78 is 0. The monoisotopic (exact) mass is 386 g/mol. The zero-order chi connectivity index (χ0) is 3.54. The van der Waals surface area contributed by atoms with Crippen molar-refractivity contribution < 1.29 is 25.8 Å². The van der Waals surface area contributed by atoms with Crippen LogP contribution in [0.4, 0.5) is 0 Å². The minimum Gasteiger partial charge on any atom is -0.358 e. The Morgan fingerprint density at radius 1 is 1.20 bits per heavy atom. The Morgan fingerprint density at radius 3 is 1.80 bits per heavy atom. The summed E-state index contributed by atoms with van der Waals surface area (Å²) in [7, 11) is 0. The number of rotatable bonds is 0. The minimum atomic E-state index is 0. The van der Waals surface area contributed by atoms with Crippen LogP contribution in [0.5, 0.6) is 0 Å². The van der Waals surface area contributed by atoms with E-state index in [0.29, 0.717) is 0 Å². The van der Waals surface area contributed by atoms with Gasteiger partial charge in [-0.3, -0.25) is 6.08 Å². The molecule has 0 saturated heterocycles. The molecule has 10 heavy (non-hydrogen) atoms. The van der Waals surface area contributed by atoms with E-state index >= 15 is 0 Å². The number of hydrogen-bond acceptors (Lipinski definition) is 0. The third-order valence-corrected chi connectivity index (χ3v) is 0.586. The molecule has 0 aliphatic heterocycles. The van der Waals surface area contributed by atoms with Crippen LogP contribution in [0, 0.1) is 20.9 Å². The zero-order valence-corrected chi connectivity index (χ0v) is 14.2. The summed E-state index contributed by atoms with van der Waals surface area (Å²) in [5, 5.41) is 0. The molecule has 0 heterocycles. The summed E-state index contributed by atoms with van der Waals surface area (Å²) in [6.45, 7) is 0. The molecule has 0 aromatic rings. The van der Waals surface area contributed by atoms with Gasteiger partial charge in [-0.1, -0.05) is 0 Å². The summed E-state index contributed by atoms with van der Waals surface area (Å²) in [6.07, 6.45) is 10.0. The largest absolute Gasteiger partial charge is 0.358 e. The predicted molar refractivity (Wildman–Crippen MR) is 54.7 cm³/mol. The van der Waals surface area contributed by atoms with Crippen LogP contribution in [-0.4, -0.2) is 11.0 Å². The van der Waals surface area contributed by atoms with Crippen LogP contribution in [0.15, 0.2) is 18.2 Å². The number of hydrogen-bond donors (Lipinski definition) is 0. The van der Waals surface area contributed by atoms with E-state index in [1.165, 1.54) is 0 Å². The second-order valence-corrected chi connectivity index (χ2v) is 1.00. The van der Waals surface area contributed by atoms with Gasteiger partial charge in [0.25, 0.3) is 0 Å². The summed E-state index contributed by atoms with van der Waals surface area (Å²) in [4.78, 5) is 0. The van der Waals surface area contributed by atoms with Crippen LogP contribution in [-0.2, 0) is 25.8 Å². The molecule has 0 aromatic carbocycles. The summed E-state index contributed by atoms with van der Waals surface area (Å²) in [5.74, 6) is 0.